The van der Waals surface area contributed by atoms with E-state index in [4.69, 9.17) is 19.4 Å². The van der Waals surface area contributed by atoms with E-state index < -0.39 is 5.41 Å². The summed E-state index contributed by atoms with van der Waals surface area (Å²) in [6.07, 6.45) is 0. The van der Waals surface area contributed by atoms with Gasteiger partial charge in [-0.15, -0.1) is 0 Å². The maximum atomic E-state index is 6.68. The minimum Gasteiger partial charge on any atom is -0.450 e. The van der Waals surface area contributed by atoms with Crippen LogP contribution in [0.1, 0.15) is 22.3 Å². The van der Waals surface area contributed by atoms with Crippen molar-refractivity contribution in [3.05, 3.63) is 192 Å². The van der Waals surface area contributed by atoms with Crippen molar-refractivity contribution in [2.45, 2.75) is 5.41 Å². The molecule has 0 bridgehead atoms. The van der Waals surface area contributed by atoms with Crippen LogP contribution in [0.25, 0.3) is 44.7 Å². The first kappa shape index (κ1) is 27.6. The van der Waals surface area contributed by atoms with Gasteiger partial charge in [-0.2, -0.15) is 0 Å². The van der Waals surface area contributed by atoms with E-state index in [-0.39, 0.29) is 0 Å². The Morgan fingerprint density at radius 3 is 1.80 bits per heavy atom. The van der Waals surface area contributed by atoms with Gasteiger partial charge in [0.2, 0.25) is 0 Å². The van der Waals surface area contributed by atoms with E-state index >= 15 is 0 Å². The molecule has 0 N–H and O–H groups in total. The maximum Gasteiger partial charge on any atom is 0.170 e. The third-order valence-electron chi connectivity index (χ3n) is 9.81. The van der Waals surface area contributed by atoms with Crippen molar-refractivity contribution in [2.75, 3.05) is 0 Å². The molecule has 1 aliphatic heterocycles. The normalized spacial score (nSPS) is 13.4. The van der Waals surface area contributed by atoms with Gasteiger partial charge in [0.25, 0.3) is 0 Å². The predicted octanol–water partition coefficient (Wildman–Crippen LogP) is 11.2. The van der Waals surface area contributed by atoms with Crippen molar-refractivity contribution >= 4 is 10.9 Å². The molecule has 0 atom stereocenters. The largest absolute Gasteiger partial charge is 0.450 e. The minimum absolute atomic E-state index is 0.513. The smallest absolute Gasteiger partial charge is 0.170 e. The van der Waals surface area contributed by atoms with Gasteiger partial charge in [-0.1, -0.05) is 133 Å². The van der Waals surface area contributed by atoms with Gasteiger partial charge in [-0.05, 0) is 69.8 Å². The van der Waals surface area contributed by atoms with Crippen molar-refractivity contribution in [1.29, 1.82) is 0 Å². The van der Waals surface area contributed by atoms with Crippen LogP contribution in [-0.2, 0) is 5.41 Å². The average molecular weight is 629 g/mol. The van der Waals surface area contributed by atoms with Gasteiger partial charge in [-0.25, -0.2) is 9.97 Å². The number of nitrogens with zero attached hydrogens (tertiary/aromatic N) is 2. The van der Waals surface area contributed by atoms with Gasteiger partial charge in [-0.3, -0.25) is 0 Å². The number of benzene rings is 7. The molecule has 0 saturated heterocycles. The summed E-state index contributed by atoms with van der Waals surface area (Å²) in [4.78, 5) is 10.0. The number of hydrogen-bond donors (Lipinski definition) is 0. The van der Waals surface area contributed by atoms with Gasteiger partial charge < -0.3 is 9.47 Å². The van der Waals surface area contributed by atoms with E-state index in [1.54, 1.807) is 0 Å². The van der Waals surface area contributed by atoms with Crippen LogP contribution in [0.15, 0.2) is 170 Å². The van der Waals surface area contributed by atoms with Crippen molar-refractivity contribution in [3.8, 4) is 56.8 Å². The molecule has 0 radical (unpaired) electrons. The lowest BCUT2D eigenvalue weighted by molar-refractivity contribution is 0.359. The Morgan fingerprint density at radius 2 is 1.02 bits per heavy atom. The molecule has 230 valence electrons. The molecule has 10 rings (SSSR count). The van der Waals surface area contributed by atoms with E-state index in [0.29, 0.717) is 28.8 Å². The molecular formula is C45H28N2O2. The van der Waals surface area contributed by atoms with Crippen LogP contribution in [0.4, 0.5) is 0 Å². The summed E-state index contributed by atoms with van der Waals surface area (Å²) in [5.74, 6) is 3.29. The Labute approximate surface area is 283 Å². The molecule has 1 aromatic heterocycles. The van der Waals surface area contributed by atoms with Crippen molar-refractivity contribution < 1.29 is 9.47 Å². The summed E-state index contributed by atoms with van der Waals surface area (Å²) < 4.78 is 13.3. The molecular weight excluding hydrogens is 601 g/mol. The van der Waals surface area contributed by atoms with Gasteiger partial charge in [0.05, 0.1) is 16.6 Å². The van der Waals surface area contributed by atoms with Crippen LogP contribution in [0.5, 0.6) is 23.0 Å². The topological polar surface area (TPSA) is 44.2 Å². The summed E-state index contributed by atoms with van der Waals surface area (Å²) >= 11 is 0. The van der Waals surface area contributed by atoms with E-state index in [1.165, 1.54) is 27.8 Å². The van der Waals surface area contributed by atoms with E-state index in [2.05, 4.69) is 115 Å². The highest BCUT2D eigenvalue weighted by molar-refractivity contribution is 5.94. The molecule has 0 saturated carbocycles. The van der Waals surface area contributed by atoms with E-state index in [1.807, 2.05) is 54.6 Å². The summed E-state index contributed by atoms with van der Waals surface area (Å²) in [7, 11) is 0. The van der Waals surface area contributed by atoms with Crippen LogP contribution in [0.3, 0.4) is 0 Å². The summed E-state index contributed by atoms with van der Waals surface area (Å²) in [5, 5.41) is 1.01. The summed E-state index contributed by atoms with van der Waals surface area (Å²) in [6, 6.07) is 58.9. The lowest BCUT2D eigenvalue weighted by Gasteiger charge is -2.34. The van der Waals surface area contributed by atoms with Crippen LogP contribution in [0, 0.1) is 0 Å². The highest BCUT2D eigenvalue weighted by Gasteiger charge is 2.47. The van der Waals surface area contributed by atoms with Crippen LogP contribution < -0.4 is 9.47 Å². The molecule has 2 aliphatic rings. The Kier molecular flexibility index (Phi) is 6.06. The number of hydrogen-bond acceptors (Lipinski definition) is 4. The quantitative estimate of drug-likeness (QED) is 0.195. The van der Waals surface area contributed by atoms with Crippen LogP contribution >= 0.6 is 0 Å². The second-order valence-corrected chi connectivity index (χ2v) is 12.5. The zero-order valence-electron chi connectivity index (χ0n) is 26.4. The fraction of sp³-hybridized carbons (Fsp3) is 0.0222. The maximum absolute atomic E-state index is 6.68. The molecule has 49 heavy (non-hydrogen) atoms. The Morgan fingerprint density at radius 1 is 0.408 bits per heavy atom. The monoisotopic (exact) mass is 628 g/mol. The molecule has 0 amide bonds. The van der Waals surface area contributed by atoms with Gasteiger partial charge in [0, 0.05) is 16.5 Å². The summed E-state index contributed by atoms with van der Waals surface area (Å²) in [6.45, 7) is 0. The van der Waals surface area contributed by atoms with Crippen molar-refractivity contribution in [1.82, 2.24) is 9.97 Å². The summed E-state index contributed by atoms with van der Waals surface area (Å²) in [5.41, 5.74) is 10.3. The molecule has 2 heterocycles. The number of fused-ring (bicyclic) bond motifs is 6. The molecule has 0 fully saturated rings. The lowest BCUT2D eigenvalue weighted by Crippen LogP contribution is -2.28. The first-order valence-corrected chi connectivity index (χ1v) is 16.5. The van der Waals surface area contributed by atoms with Gasteiger partial charge in [0.1, 0.15) is 0 Å². The number of rotatable bonds is 4. The molecule has 0 unspecified atom stereocenters. The Balaban J connectivity index is 1.11. The van der Waals surface area contributed by atoms with E-state index in [0.717, 1.165) is 33.3 Å². The first-order chi connectivity index (χ1) is 24.3. The highest BCUT2D eigenvalue weighted by atomic mass is 16.6. The van der Waals surface area contributed by atoms with Gasteiger partial charge in [0.15, 0.2) is 28.8 Å². The number of aromatic nitrogens is 2. The lowest BCUT2D eigenvalue weighted by atomic mass is 9.67. The fourth-order valence-corrected chi connectivity index (χ4v) is 7.68. The standard InChI is InChI=1S/C45H28N2O2/c1-4-14-29(15-5-1)43-34-21-11-13-23-38(34)46-44(47-43)30-24-25-39-40(26-30)49-41-27-35-33-20-10-12-22-36(33)45(31-16-6-2-7-17-31,32-18-8-3-9-19-32)37(35)28-42(41)48-39/h1-28H. The zero-order valence-corrected chi connectivity index (χ0v) is 26.4. The second-order valence-electron chi connectivity index (χ2n) is 12.5. The molecule has 1 aliphatic carbocycles. The fourth-order valence-electron chi connectivity index (χ4n) is 7.68. The zero-order chi connectivity index (χ0) is 32.4. The average Bonchev–Trinajstić information content (AvgIpc) is 3.46. The number of para-hydroxylation sites is 1. The molecule has 0 spiro atoms. The second kappa shape index (κ2) is 10.8. The third kappa shape index (κ3) is 4.17. The molecule has 7 aromatic carbocycles. The molecule has 4 nitrogen and oxygen atoms in total. The first-order valence-electron chi connectivity index (χ1n) is 16.5. The molecule has 8 aromatic rings. The van der Waals surface area contributed by atoms with Gasteiger partial charge >= 0.3 is 0 Å². The van der Waals surface area contributed by atoms with Crippen molar-refractivity contribution in [3.63, 3.8) is 0 Å². The Hall–Kier alpha value is -6.52. The minimum atomic E-state index is -0.513. The van der Waals surface area contributed by atoms with E-state index in [9.17, 15) is 0 Å². The SMILES string of the molecule is c1ccc(-c2nc(-c3ccc4c(c3)Oc3cc5c(cc3O4)C(c3ccccc3)(c3ccccc3)c3ccccc3-5)nc3ccccc23)cc1. The predicted molar refractivity (Wildman–Crippen MR) is 194 cm³/mol. The highest BCUT2D eigenvalue weighted by Crippen LogP contribution is 2.59. The van der Waals surface area contributed by atoms with Crippen LogP contribution in [0.2, 0.25) is 0 Å². The number of ether oxygens (including phenoxy) is 2. The van der Waals surface area contributed by atoms with Crippen LogP contribution in [-0.4, -0.2) is 9.97 Å². The molecule has 4 heteroatoms. The Bertz CT molecular complexity index is 2510. The third-order valence-corrected chi connectivity index (χ3v) is 9.81. The van der Waals surface area contributed by atoms with Crippen molar-refractivity contribution in [2.24, 2.45) is 0 Å².